The number of alkyl halides is 3. The quantitative estimate of drug-likeness (QED) is 0.779. The number of nitrogens with zero attached hydrogens (tertiary/aromatic N) is 1. The molecule has 2 aromatic rings. The molecule has 0 aliphatic carbocycles. The molecule has 0 bridgehead atoms. The highest BCUT2D eigenvalue weighted by Gasteiger charge is 2.40. The summed E-state index contributed by atoms with van der Waals surface area (Å²) in [5, 5.41) is 0.00575. The van der Waals surface area contributed by atoms with Crippen LogP contribution in [0.5, 0.6) is 0 Å². The molecule has 1 saturated heterocycles. The van der Waals surface area contributed by atoms with Crippen molar-refractivity contribution >= 4 is 35.0 Å². The highest BCUT2D eigenvalue weighted by atomic mass is 35.5. The number of benzene rings is 2. The lowest BCUT2D eigenvalue weighted by Crippen LogP contribution is -2.33. The van der Waals surface area contributed by atoms with Gasteiger partial charge in [0, 0.05) is 18.0 Å². The summed E-state index contributed by atoms with van der Waals surface area (Å²) < 4.78 is 40.0. The lowest BCUT2D eigenvalue weighted by atomic mass is 9.95. The van der Waals surface area contributed by atoms with Crippen molar-refractivity contribution in [3.05, 3.63) is 69.2 Å². The third kappa shape index (κ3) is 4.10. The minimum Gasteiger partial charge on any atom is -0.369 e. The van der Waals surface area contributed by atoms with Gasteiger partial charge in [0.25, 0.3) is 0 Å². The molecule has 2 atom stereocenters. The average Bonchev–Trinajstić information content (AvgIpc) is 2.99. The Kier molecular flexibility index (Phi) is 5.59. The van der Waals surface area contributed by atoms with Crippen LogP contribution in [0.3, 0.4) is 0 Å². The first kappa shape index (κ1) is 20.5. The third-order valence-corrected chi connectivity index (χ3v) is 5.25. The Morgan fingerprint density at radius 3 is 2.25 bits per heavy atom. The normalized spacial score (nSPS) is 18.4. The average molecular weight is 431 g/mol. The Labute approximate surface area is 169 Å². The minimum absolute atomic E-state index is 0.0193. The number of likely N-dealkylation sites (tertiary alicyclic amines) is 1. The van der Waals surface area contributed by atoms with Gasteiger partial charge in [-0.3, -0.25) is 9.59 Å². The Balaban J connectivity index is 2.11. The molecule has 28 heavy (non-hydrogen) atoms. The highest BCUT2D eigenvalue weighted by Crippen LogP contribution is 2.40. The zero-order chi connectivity index (χ0) is 20.6. The van der Waals surface area contributed by atoms with Crippen LogP contribution in [-0.4, -0.2) is 23.3 Å². The van der Waals surface area contributed by atoms with E-state index in [9.17, 15) is 22.8 Å². The topological polar surface area (TPSA) is 63.4 Å². The van der Waals surface area contributed by atoms with Gasteiger partial charge in [-0.25, -0.2) is 0 Å². The molecule has 9 heteroatoms. The Morgan fingerprint density at radius 1 is 1.11 bits per heavy atom. The van der Waals surface area contributed by atoms with E-state index in [0.29, 0.717) is 10.6 Å². The number of primary amides is 1. The van der Waals surface area contributed by atoms with Gasteiger partial charge in [0.05, 0.1) is 22.5 Å². The largest absolute Gasteiger partial charge is 0.417 e. The molecule has 1 aliphatic heterocycles. The molecule has 0 radical (unpaired) electrons. The predicted molar refractivity (Wildman–Crippen MR) is 98.8 cm³/mol. The van der Waals surface area contributed by atoms with Crippen LogP contribution in [0.2, 0.25) is 10.0 Å². The van der Waals surface area contributed by atoms with Crippen LogP contribution in [0.4, 0.5) is 13.2 Å². The maximum Gasteiger partial charge on any atom is 0.417 e. The summed E-state index contributed by atoms with van der Waals surface area (Å²) >= 11 is 11.6. The number of hydrogen-bond donors (Lipinski definition) is 1. The van der Waals surface area contributed by atoms with Crippen LogP contribution in [0.1, 0.15) is 29.2 Å². The molecule has 2 N–H and O–H groups in total. The van der Waals surface area contributed by atoms with Gasteiger partial charge >= 0.3 is 6.18 Å². The Morgan fingerprint density at radius 2 is 1.71 bits per heavy atom. The zero-order valence-electron chi connectivity index (χ0n) is 14.3. The summed E-state index contributed by atoms with van der Waals surface area (Å²) in [5.74, 6) is -1.69. The van der Waals surface area contributed by atoms with Crippen molar-refractivity contribution in [2.45, 2.75) is 18.6 Å². The van der Waals surface area contributed by atoms with E-state index in [-0.39, 0.29) is 24.4 Å². The van der Waals surface area contributed by atoms with Crippen LogP contribution in [0.25, 0.3) is 0 Å². The lowest BCUT2D eigenvalue weighted by molar-refractivity contribution is -0.137. The van der Waals surface area contributed by atoms with E-state index in [1.807, 2.05) is 0 Å². The van der Waals surface area contributed by atoms with Gasteiger partial charge < -0.3 is 10.6 Å². The second kappa shape index (κ2) is 7.64. The van der Waals surface area contributed by atoms with E-state index < -0.39 is 34.6 Å². The first-order chi connectivity index (χ1) is 13.1. The van der Waals surface area contributed by atoms with Crippen molar-refractivity contribution in [2.24, 2.45) is 11.7 Å². The molecule has 2 aromatic carbocycles. The standard InChI is InChI=1S/C19H15Cl2F3N2O2/c20-13-4-1-10(2-5-13)17(26-9-12(18(25)28)8-16(26)27)11-3-6-15(21)14(7-11)19(22,23)24/h1-7,12,17H,8-9H2,(H2,25,28)/t12?,17-/m1/s1. The highest BCUT2D eigenvalue weighted by molar-refractivity contribution is 6.31. The van der Waals surface area contributed by atoms with E-state index >= 15 is 0 Å². The molecule has 0 aromatic heterocycles. The van der Waals surface area contributed by atoms with Gasteiger partial charge in [0.1, 0.15) is 0 Å². The summed E-state index contributed by atoms with van der Waals surface area (Å²) in [6, 6.07) is 9.07. The maximum absolute atomic E-state index is 13.3. The monoisotopic (exact) mass is 430 g/mol. The van der Waals surface area contributed by atoms with Crippen molar-refractivity contribution in [1.82, 2.24) is 4.90 Å². The lowest BCUT2D eigenvalue weighted by Gasteiger charge is -2.30. The van der Waals surface area contributed by atoms with Crippen molar-refractivity contribution in [2.75, 3.05) is 6.54 Å². The first-order valence-electron chi connectivity index (χ1n) is 8.29. The fourth-order valence-electron chi connectivity index (χ4n) is 3.30. The maximum atomic E-state index is 13.3. The molecular weight excluding hydrogens is 416 g/mol. The smallest absolute Gasteiger partial charge is 0.369 e. The molecule has 148 valence electrons. The van der Waals surface area contributed by atoms with E-state index in [0.717, 1.165) is 12.1 Å². The third-order valence-electron chi connectivity index (χ3n) is 4.67. The molecule has 3 rings (SSSR count). The number of halogens is 5. The van der Waals surface area contributed by atoms with Gasteiger partial charge in [0.2, 0.25) is 11.8 Å². The molecule has 0 saturated carbocycles. The molecule has 1 heterocycles. The van der Waals surface area contributed by atoms with Gasteiger partial charge in [-0.05, 0) is 35.4 Å². The Bertz CT molecular complexity index is 916. The molecule has 2 amide bonds. The van der Waals surface area contributed by atoms with Crippen molar-refractivity contribution < 1.29 is 22.8 Å². The zero-order valence-corrected chi connectivity index (χ0v) is 15.9. The predicted octanol–water partition coefficient (Wildman–Crippen LogP) is 4.44. The van der Waals surface area contributed by atoms with Crippen LogP contribution in [0, 0.1) is 5.92 Å². The van der Waals surface area contributed by atoms with Crippen LogP contribution >= 0.6 is 23.2 Å². The fraction of sp³-hybridized carbons (Fsp3) is 0.263. The Hall–Kier alpha value is -2.25. The van der Waals surface area contributed by atoms with Crippen molar-refractivity contribution in [3.63, 3.8) is 0 Å². The number of amides is 2. The first-order valence-corrected chi connectivity index (χ1v) is 9.04. The van der Waals surface area contributed by atoms with Gasteiger partial charge in [-0.1, -0.05) is 41.4 Å². The summed E-state index contributed by atoms with van der Waals surface area (Å²) in [5.41, 5.74) is 5.10. The van der Waals surface area contributed by atoms with Crippen molar-refractivity contribution in [3.8, 4) is 0 Å². The van der Waals surface area contributed by atoms with Crippen LogP contribution in [0.15, 0.2) is 42.5 Å². The van der Waals surface area contributed by atoms with Gasteiger partial charge in [-0.2, -0.15) is 13.2 Å². The molecular formula is C19H15Cl2F3N2O2. The second-order valence-corrected chi connectivity index (χ2v) is 7.38. The molecule has 1 aliphatic rings. The van der Waals surface area contributed by atoms with E-state index in [1.165, 1.54) is 11.0 Å². The van der Waals surface area contributed by atoms with E-state index in [1.54, 1.807) is 24.3 Å². The second-order valence-electron chi connectivity index (χ2n) is 6.54. The van der Waals surface area contributed by atoms with Crippen LogP contribution in [-0.2, 0) is 15.8 Å². The van der Waals surface area contributed by atoms with Gasteiger partial charge in [0.15, 0.2) is 0 Å². The fourth-order valence-corrected chi connectivity index (χ4v) is 3.65. The van der Waals surface area contributed by atoms with Crippen molar-refractivity contribution in [1.29, 1.82) is 0 Å². The number of hydrogen-bond acceptors (Lipinski definition) is 2. The van der Waals surface area contributed by atoms with E-state index in [4.69, 9.17) is 28.9 Å². The number of carbonyl (C=O) groups is 2. The number of rotatable bonds is 4. The minimum atomic E-state index is -4.65. The SMILES string of the molecule is NC(=O)C1CC(=O)N([C@H](c2ccc(Cl)cc2)c2ccc(Cl)c(C(F)(F)F)c2)C1. The van der Waals surface area contributed by atoms with Crippen LogP contribution < -0.4 is 5.73 Å². The molecule has 1 unspecified atom stereocenters. The summed E-state index contributed by atoms with van der Waals surface area (Å²) in [6.07, 6.45) is -4.73. The summed E-state index contributed by atoms with van der Waals surface area (Å²) in [4.78, 5) is 25.4. The number of nitrogens with two attached hydrogens (primary N) is 1. The van der Waals surface area contributed by atoms with E-state index in [2.05, 4.69) is 0 Å². The molecule has 1 fully saturated rings. The number of carbonyl (C=O) groups excluding carboxylic acids is 2. The summed E-state index contributed by atoms with van der Waals surface area (Å²) in [7, 11) is 0. The summed E-state index contributed by atoms with van der Waals surface area (Å²) in [6.45, 7) is 0.0193. The molecule has 4 nitrogen and oxygen atoms in total. The van der Waals surface area contributed by atoms with Gasteiger partial charge in [-0.15, -0.1) is 0 Å². The molecule has 0 spiro atoms.